The van der Waals surface area contributed by atoms with Gasteiger partial charge in [0.2, 0.25) is 5.91 Å². The molecule has 0 aliphatic heterocycles. The maximum absolute atomic E-state index is 11.6. The molecule has 14 heavy (non-hydrogen) atoms. The van der Waals surface area contributed by atoms with Crippen LogP contribution in [0.3, 0.4) is 0 Å². The molecule has 2 aliphatic carbocycles. The lowest BCUT2D eigenvalue weighted by Crippen LogP contribution is -2.31. The predicted octanol–water partition coefficient (Wildman–Crippen LogP) is 2.17. The summed E-state index contributed by atoms with van der Waals surface area (Å²) in [5.41, 5.74) is 0. The van der Waals surface area contributed by atoms with E-state index in [1.54, 1.807) is 0 Å². The Kier molecular flexibility index (Phi) is 3.01. The van der Waals surface area contributed by atoms with Crippen molar-refractivity contribution in [2.75, 3.05) is 6.54 Å². The fourth-order valence-electron chi connectivity index (χ4n) is 2.47. The highest BCUT2D eigenvalue weighted by atomic mass is 35.5. The molecule has 0 heterocycles. The van der Waals surface area contributed by atoms with E-state index in [0.29, 0.717) is 5.92 Å². The van der Waals surface area contributed by atoms with Crippen LogP contribution in [0.15, 0.2) is 0 Å². The molecule has 0 bridgehead atoms. The van der Waals surface area contributed by atoms with E-state index >= 15 is 0 Å². The average Bonchev–Trinajstić information content (AvgIpc) is 2.73. The normalized spacial score (nSPS) is 36.3. The van der Waals surface area contributed by atoms with Gasteiger partial charge < -0.3 is 5.32 Å². The number of carbonyl (C=O) groups is 1. The fourth-order valence-corrected chi connectivity index (χ4v) is 2.58. The maximum Gasteiger partial charge on any atom is 0.223 e. The van der Waals surface area contributed by atoms with Crippen LogP contribution in [0.2, 0.25) is 0 Å². The van der Waals surface area contributed by atoms with Crippen molar-refractivity contribution in [1.82, 2.24) is 5.32 Å². The Balaban J connectivity index is 1.63. The van der Waals surface area contributed by atoms with Gasteiger partial charge in [0.15, 0.2) is 0 Å². The zero-order valence-electron chi connectivity index (χ0n) is 8.63. The van der Waals surface area contributed by atoms with Crippen molar-refractivity contribution in [3.8, 4) is 0 Å². The predicted molar refractivity (Wildman–Crippen MR) is 57.3 cm³/mol. The van der Waals surface area contributed by atoms with Crippen LogP contribution < -0.4 is 5.32 Å². The summed E-state index contributed by atoms with van der Waals surface area (Å²) in [5, 5.41) is 3.13. The molecule has 0 aromatic heterocycles. The first-order valence-corrected chi connectivity index (χ1v) is 6.02. The van der Waals surface area contributed by atoms with Crippen LogP contribution in [0.5, 0.6) is 0 Å². The second-order valence-electron chi connectivity index (χ2n) is 4.78. The van der Waals surface area contributed by atoms with Gasteiger partial charge in [0.25, 0.3) is 0 Å². The van der Waals surface area contributed by atoms with Gasteiger partial charge in [-0.25, -0.2) is 0 Å². The van der Waals surface area contributed by atoms with E-state index in [-0.39, 0.29) is 11.3 Å². The molecular weight excluding hydrogens is 198 g/mol. The number of alkyl halides is 1. The van der Waals surface area contributed by atoms with Crippen LogP contribution >= 0.6 is 11.6 Å². The molecule has 0 spiro atoms. The molecule has 2 rings (SSSR count). The van der Waals surface area contributed by atoms with Crippen molar-refractivity contribution in [2.45, 2.75) is 38.0 Å². The Bertz CT molecular complexity index is 219. The van der Waals surface area contributed by atoms with Crippen molar-refractivity contribution in [2.24, 2.45) is 17.8 Å². The van der Waals surface area contributed by atoms with Gasteiger partial charge in [0, 0.05) is 17.8 Å². The van der Waals surface area contributed by atoms with Crippen molar-refractivity contribution >= 4 is 17.5 Å². The molecule has 80 valence electrons. The van der Waals surface area contributed by atoms with E-state index in [0.717, 1.165) is 37.6 Å². The molecule has 3 atom stereocenters. The Hall–Kier alpha value is -0.240. The van der Waals surface area contributed by atoms with Gasteiger partial charge in [-0.3, -0.25) is 4.79 Å². The molecule has 1 amide bonds. The second-order valence-corrected chi connectivity index (χ2v) is 5.53. The molecule has 3 heteroatoms. The zero-order chi connectivity index (χ0) is 10.1. The Morgan fingerprint density at radius 3 is 2.64 bits per heavy atom. The first-order valence-electron chi connectivity index (χ1n) is 5.58. The third kappa shape index (κ3) is 2.41. The van der Waals surface area contributed by atoms with Crippen LogP contribution in [0.25, 0.3) is 0 Å². The SMILES string of the molecule is CC(Cl)CCNC(=O)C1CC2CC2C1. The lowest BCUT2D eigenvalue weighted by atomic mass is 10.0. The molecule has 0 aromatic rings. The fraction of sp³-hybridized carbons (Fsp3) is 0.909. The molecule has 0 radical (unpaired) electrons. The van der Waals surface area contributed by atoms with E-state index in [4.69, 9.17) is 11.6 Å². The highest BCUT2D eigenvalue weighted by molar-refractivity contribution is 6.20. The van der Waals surface area contributed by atoms with Crippen molar-refractivity contribution in [1.29, 1.82) is 0 Å². The molecule has 2 aliphatic rings. The summed E-state index contributed by atoms with van der Waals surface area (Å²) in [6.07, 6.45) is 4.51. The Morgan fingerprint density at radius 2 is 2.07 bits per heavy atom. The summed E-state index contributed by atoms with van der Waals surface area (Å²) in [7, 11) is 0. The molecule has 1 N–H and O–H groups in total. The lowest BCUT2D eigenvalue weighted by molar-refractivity contribution is -0.125. The third-order valence-corrected chi connectivity index (χ3v) is 3.67. The van der Waals surface area contributed by atoms with Gasteiger partial charge in [-0.2, -0.15) is 0 Å². The number of amides is 1. The summed E-state index contributed by atoms with van der Waals surface area (Å²) in [6, 6.07) is 0. The molecule has 0 saturated heterocycles. The highest BCUT2D eigenvalue weighted by Crippen LogP contribution is 2.54. The first-order chi connectivity index (χ1) is 6.66. The number of hydrogen-bond donors (Lipinski definition) is 1. The van der Waals surface area contributed by atoms with Crippen LogP contribution in [0.4, 0.5) is 0 Å². The van der Waals surface area contributed by atoms with Crippen molar-refractivity contribution in [3.63, 3.8) is 0 Å². The molecule has 2 nitrogen and oxygen atoms in total. The van der Waals surface area contributed by atoms with E-state index in [1.165, 1.54) is 6.42 Å². The average molecular weight is 216 g/mol. The topological polar surface area (TPSA) is 29.1 Å². The van der Waals surface area contributed by atoms with E-state index in [2.05, 4.69) is 5.32 Å². The van der Waals surface area contributed by atoms with Gasteiger partial charge in [-0.05, 0) is 44.4 Å². The van der Waals surface area contributed by atoms with Gasteiger partial charge in [-0.15, -0.1) is 11.6 Å². The summed E-state index contributed by atoms with van der Waals surface area (Å²) in [6.45, 7) is 2.69. The van der Waals surface area contributed by atoms with Gasteiger partial charge >= 0.3 is 0 Å². The largest absolute Gasteiger partial charge is 0.356 e. The number of rotatable bonds is 4. The summed E-state index contributed by atoms with van der Waals surface area (Å²) in [4.78, 5) is 11.6. The zero-order valence-corrected chi connectivity index (χ0v) is 9.39. The Labute approximate surface area is 90.4 Å². The minimum Gasteiger partial charge on any atom is -0.356 e. The number of carbonyl (C=O) groups excluding carboxylic acids is 1. The maximum atomic E-state index is 11.6. The van der Waals surface area contributed by atoms with Crippen LogP contribution in [-0.4, -0.2) is 17.8 Å². The van der Waals surface area contributed by atoms with Crippen molar-refractivity contribution < 1.29 is 4.79 Å². The molecule has 2 saturated carbocycles. The number of hydrogen-bond acceptors (Lipinski definition) is 1. The molecular formula is C11H18ClNO. The smallest absolute Gasteiger partial charge is 0.223 e. The van der Waals surface area contributed by atoms with Gasteiger partial charge in [-0.1, -0.05) is 0 Å². The minimum absolute atomic E-state index is 0.160. The minimum atomic E-state index is 0.160. The number of fused-ring (bicyclic) bond motifs is 1. The van der Waals surface area contributed by atoms with Crippen LogP contribution in [0.1, 0.15) is 32.6 Å². The number of halogens is 1. The highest BCUT2D eigenvalue weighted by Gasteiger charge is 2.47. The molecule has 0 aromatic carbocycles. The lowest BCUT2D eigenvalue weighted by Gasteiger charge is -2.12. The standard InChI is InChI=1S/C11H18ClNO/c1-7(12)2-3-13-11(14)10-5-8-4-9(8)6-10/h7-10H,2-6H2,1H3,(H,13,14). The number of nitrogens with one attached hydrogen (secondary N) is 1. The van der Waals surface area contributed by atoms with Crippen molar-refractivity contribution in [3.05, 3.63) is 0 Å². The summed E-state index contributed by atoms with van der Waals surface area (Å²) < 4.78 is 0. The summed E-state index contributed by atoms with van der Waals surface area (Å²) >= 11 is 5.80. The second kappa shape index (κ2) is 4.09. The third-order valence-electron chi connectivity index (χ3n) is 3.46. The molecule has 3 unspecified atom stereocenters. The van der Waals surface area contributed by atoms with Gasteiger partial charge in [0.1, 0.15) is 0 Å². The van der Waals surface area contributed by atoms with E-state index in [9.17, 15) is 4.79 Å². The van der Waals surface area contributed by atoms with Gasteiger partial charge in [0.05, 0.1) is 0 Å². The first kappa shape index (κ1) is 10.3. The Morgan fingerprint density at radius 1 is 1.43 bits per heavy atom. The van der Waals surface area contributed by atoms with Crippen LogP contribution in [-0.2, 0) is 4.79 Å². The molecule has 2 fully saturated rings. The van der Waals surface area contributed by atoms with E-state index in [1.807, 2.05) is 6.92 Å². The quantitative estimate of drug-likeness (QED) is 0.716. The monoisotopic (exact) mass is 215 g/mol. The van der Waals surface area contributed by atoms with Crippen LogP contribution in [0, 0.1) is 17.8 Å². The van der Waals surface area contributed by atoms with E-state index < -0.39 is 0 Å². The summed E-state index contributed by atoms with van der Waals surface area (Å²) in [5.74, 6) is 2.34.